The van der Waals surface area contributed by atoms with E-state index in [1.54, 1.807) is 31.4 Å². The number of ether oxygens (including phenoxy) is 1. The largest absolute Gasteiger partial charge is 0.384 e. The summed E-state index contributed by atoms with van der Waals surface area (Å²) in [5.74, 6) is 1.42. The average molecular weight is 473 g/mol. The van der Waals surface area contributed by atoms with Gasteiger partial charge in [-0.15, -0.1) is 0 Å². The number of rotatable bonds is 11. The summed E-state index contributed by atoms with van der Waals surface area (Å²) in [5.41, 5.74) is 11.0. The van der Waals surface area contributed by atoms with E-state index >= 15 is 0 Å². The van der Waals surface area contributed by atoms with Crippen LogP contribution in [0.1, 0.15) is 42.8 Å². The number of nitrogens with zero attached hydrogens (tertiary/aromatic N) is 3. The van der Waals surface area contributed by atoms with Gasteiger partial charge < -0.3 is 15.0 Å². The molecule has 0 spiro atoms. The van der Waals surface area contributed by atoms with Crippen LogP contribution in [0.4, 0.5) is 11.5 Å². The number of pyridine rings is 1. The summed E-state index contributed by atoms with van der Waals surface area (Å²) in [4.78, 5) is 9.45. The Kier molecular flexibility index (Phi) is 7.46. The Hall–Kier alpha value is -2.69. The number of nitrogens with one attached hydrogen (secondary N) is 2. The van der Waals surface area contributed by atoms with Gasteiger partial charge in [0.25, 0.3) is 10.2 Å². The van der Waals surface area contributed by atoms with Gasteiger partial charge in [-0.2, -0.15) is 13.1 Å². The van der Waals surface area contributed by atoms with Gasteiger partial charge in [0.15, 0.2) is 5.82 Å². The summed E-state index contributed by atoms with van der Waals surface area (Å²) in [5, 5.41) is 0. The first-order valence-corrected chi connectivity index (χ1v) is 12.9. The van der Waals surface area contributed by atoms with E-state index in [2.05, 4.69) is 19.0 Å². The van der Waals surface area contributed by atoms with Crippen molar-refractivity contribution in [3.05, 3.63) is 47.4 Å². The minimum absolute atomic E-state index is 0.351. The fraction of sp³-hybridized carbons (Fsp3) is 0.478. The predicted molar refractivity (Wildman–Crippen MR) is 130 cm³/mol. The molecule has 1 aliphatic rings. The van der Waals surface area contributed by atoms with Crippen molar-refractivity contribution in [1.29, 1.82) is 0 Å². The minimum Gasteiger partial charge on any atom is -0.384 e. The van der Waals surface area contributed by atoms with Crippen molar-refractivity contribution in [2.45, 2.75) is 51.5 Å². The molecule has 0 amide bonds. The van der Waals surface area contributed by atoms with E-state index < -0.39 is 10.2 Å². The Labute approximate surface area is 194 Å². The van der Waals surface area contributed by atoms with E-state index in [1.165, 1.54) is 5.56 Å². The molecule has 2 heterocycles. The maximum Gasteiger partial charge on any atom is 0.299 e. The second-order valence-electron chi connectivity index (χ2n) is 8.32. The zero-order chi connectivity index (χ0) is 23.3. The molecule has 0 bridgehead atoms. The van der Waals surface area contributed by atoms with Gasteiger partial charge in [-0.3, -0.25) is 4.72 Å². The highest BCUT2D eigenvalue weighted by atomic mass is 32.2. The Morgan fingerprint density at radius 1 is 1.12 bits per heavy atom. The van der Waals surface area contributed by atoms with Crippen molar-refractivity contribution < 1.29 is 13.2 Å². The number of imidazole rings is 1. The smallest absolute Gasteiger partial charge is 0.299 e. The van der Waals surface area contributed by atoms with Crippen LogP contribution in [0.2, 0.25) is 0 Å². The molecule has 33 heavy (non-hydrogen) atoms. The second-order valence-corrected chi connectivity index (χ2v) is 9.82. The summed E-state index contributed by atoms with van der Waals surface area (Å²) < 4.78 is 37.2. The van der Waals surface area contributed by atoms with Gasteiger partial charge >= 0.3 is 0 Å². The molecule has 1 aliphatic carbocycles. The summed E-state index contributed by atoms with van der Waals surface area (Å²) in [6.07, 6.45) is 6.39. The van der Waals surface area contributed by atoms with E-state index in [-0.39, 0.29) is 0 Å². The van der Waals surface area contributed by atoms with Crippen LogP contribution < -0.4 is 15.2 Å². The summed E-state index contributed by atoms with van der Waals surface area (Å²) in [6, 6.07) is 8.84. The third kappa shape index (κ3) is 5.63. The van der Waals surface area contributed by atoms with Crippen LogP contribution in [0.5, 0.6) is 0 Å². The van der Waals surface area contributed by atoms with Crippen LogP contribution in [0.3, 0.4) is 0 Å². The molecule has 0 fully saturated rings. The monoisotopic (exact) mass is 472 g/mol. The van der Waals surface area contributed by atoms with E-state index in [0.29, 0.717) is 37.5 Å². The lowest BCUT2D eigenvalue weighted by atomic mass is 9.95. The van der Waals surface area contributed by atoms with Crippen molar-refractivity contribution >= 4 is 32.7 Å². The maximum atomic E-state index is 12.3. The van der Waals surface area contributed by atoms with Crippen LogP contribution >= 0.6 is 0 Å². The number of nitrogen functional groups attached to an aromatic ring is 1. The topological polar surface area (TPSA) is 124 Å². The number of hydrogen-bond donors (Lipinski definition) is 3. The number of methoxy groups -OCH3 is 1. The number of unbranched alkanes of at least 4 members (excludes halogenated alkanes) is 1. The Balaban J connectivity index is 1.44. The molecular weight excluding hydrogens is 440 g/mol. The lowest BCUT2D eigenvalue weighted by Crippen LogP contribution is -2.31. The van der Waals surface area contributed by atoms with Crippen molar-refractivity contribution in [3.63, 3.8) is 0 Å². The van der Waals surface area contributed by atoms with Gasteiger partial charge in [0.2, 0.25) is 0 Å². The van der Waals surface area contributed by atoms with Crippen molar-refractivity contribution in [2.24, 2.45) is 0 Å². The molecule has 0 saturated carbocycles. The fourth-order valence-corrected chi connectivity index (χ4v) is 5.31. The zero-order valence-electron chi connectivity index (χ0n) is 19.0. The van der Waals surface area contributed by atoms with Crippen molar-refractivity contribution in [2.75, 3.05) is 30.7 Å². The molecule has 178 valence electrons. The maximum absolute atomic E-state index is 12.3. The molecule has 10 heteroatoms. The van der Waals surface area contributed by atoms with Crippen LogP contribution in [-0.2, 0) is 40.8 Å². The van der Waals surface area contributed by atoms with Gasteiger partial charge in [-0.1, -0.05) is 18.2 Å². The average Bonchev–Trinajstić information content (AvgIpc) is 3.17. The van der Waals surface area contributed by atoms with E-state index in [9.17, 15) is 8.42 Å². The van der Waals surface area contributed by atoms with Gasteiger partial charge in [0.1, 0.15) is 11.3 Å². The molecule has 0 aliphatic heterocycles. The Morgan fingerprint density at radius 2 is 1.91 bits per heavy atom. The first kappa shape index (κ1) is 23.5. The van der Waals surface area contributed by atoms with E-state index in [1.807, 2.05) is 6.07 Å². The van der Waals surface area contributed by atoms with Crippen LogP contribution in [0.25, 0.3) is 11.0 Å². The molecule has 4 N–H and O–H groups in total. The van der Waals surface area contributed by atoms with Crippen LogP contribution in [-0.4, -0.2) is 43.2 Å². The quantitative estimate of drug-likeness (QED) is 0.369. The normalized spacial score (nSPS) is 13.8. The minimum atomic E-state index is -3.60. The SMILES string of the molecule is COCCc1nc2c(N)nc3c(c2n1CCCCNS(=O)(=O)Nc1ccccc1)CCCC3. The Bertz CT molecular complexity index is 1190. The molecule has 0 radical (unpaired) electrons. The molecule has 2 aromatic heterocycles. The second kappa shape index (κ2) is 10.5. The fourth-order valence-electron chi connectivity index (χ4n) is 4.37. The molecular formula is C23H32N6O3S. The van der Waals surface area contributed by atoms with E-state index in [4.69, 9.17) is 15.5 Å². The number of nitrogens with two attached hydrogens (primary N) is 1. The molecule has 0 unspecified atom stereocenters. The third-order valence-electron chi connectivity index (χ3n) is 5.93. The van der Waals surface area contributed by atoms with Gasteiger partial charge in [0, 0.05) is 38.0 Å². The molecule has 9 nitrogen and oxygen atoms in total. The number of benzene rings is 1. The molecule has 1 aromatic carbocycles. The lowest BCUT2D eigenvalue weighted by molar-refractivity contribution is 0.199. The van der Waals surface area contributed by atoms with Gasteiger partial charge in [0.05, 0.1) is 12.1 Å². The van der Waals surface area contributed by atoms with Crippen molar-refractivity contribution in [1.82, 2.24) is 19.3 Å². The first-order valence-electron chi connectivity index (χ1n) is 11.5. The highest BCUT2D eigenvalue weighted by Gasteiger charge is 2.22. The van der Waals surface area contributed by atoms with Crippen molar-refractivity contribution in [3.8, 4) is 0 Å². The van der Waals surface area contributed by atoms with E-state index in [0.717, 1.165) is 61.2 Å². The summed E-state index contributed by atoms with van der Waals surface area (Å²) in [7, 11) is -1.92. The molecule has 0 atom stereocenters. The highest BCUT2D eigenvalue weighted by Crippen LogP contribution is 2.31. The first-order chi connectivity index (χ1) is 16.0. The molecule has 3 aromatic rings. The van der Waals surface area contributed by atoms with Gasteiger partial charge in [-0.25, -0.2) is 9.97 Å². The Morgan fingerprint density at radius 3 is 2.70 bits per heavy atom. The number of hydrogen-bond acceptors (Lipinski definition) is 6. The number of anilines is 2. The summed E-state index contributed by atoms with van der Waals surface area (Å²) >= 11 is 0. The number of para-hydroxylation sites is 1. The zero-order valence-corrected chi connectivity index (χ0v) is 19.8. The third-order valence-corrected chi connectivity index (χ3v) is 7.01. The number of aromatic nitrogens is 3. The standard InChI is InChI=1S/C23H32N6O3S/c1-32-16-13-20-27-21-22(18-11-5-6-12-19(18)26-23(21)24)29(20)15-8-7-14-25-33(30,31)28-17-9-3-2-4-10-17/h2-4,9-10,25,28H,5-8,11-16H2,1H3,(H2,24,26). The highest BCUT2D eigenvalue weighted by molar-refractivity contribution is 7.90. The van der Waals surface area contributed by atoms with Crippen LogP contribution in [0, 0.1) is 0 Å². The van der Waals surface area contributed by atoms with Gasteiger partial charge in [-0.05, 0) is 56.2 Å². The number of fused-ring (bicyclic) bond motifs is 3. The predicted octanol–water partition coefficient (Wildman–Crippen LogP) is 2.81. The molecule has 4 rings (SSSR count). The number of aryl methyl sites for hydroxylation is 3. The summed E-state index contributed by atoms with van der Waals surface area (Å²) in [6.45, 7) is 1.66. The lowest BCUT2D eigenvalue weighted by Gasteiger charge is -2.18. The van der Waals surface area contributed by atoms with Crippen LogP contribution in [0.15, 0.2) is 30.3 Å². The molecule has 0 saturated heterocycles.